The third-order valence-electron chi connectivity index (χ3n) is 4.57. The summed E-state index contributed by atoms with van der Waals surface area (Å²) in [6.45, 7) is 1.95. The zero-order valence-electron chi connectivity index (χ0n) is 14.6. The zero-order valence-corrected chi connectivity index (χ0v) is 15.4. The van der Waals surface area contributed by atoms with Crippen molar-refractivity contribution in [1.82, 2.24) is 14.5 Å². The van der Waals surface area contributed by atoms with Crippen LogP contribution in [-0.2, 0) is 13.5 Å². The van der Waals surface area contributed by atoms with Gasteiger partial charge in [-0.2, -0.15) is 0 Å². The lowest BCUT2D eigenvalue weighted by Gasteiger charge is -2.12. The molecule has 6 nitrogen and oxygen atoms in total. The van der Waals surface area contributed by atoms with Crippen LogP contribution in [0.4, 0.5) is 5.95 Å². The van der Waals surface area contributed by atoms with Crippen molar-refractivity contribution in [3.63, 3.8) is 0 Å². The highest BCUT2D eigenvalue weighted by atomic mass is 32.1. The molecule has 1 aliphatic carbocycles. The summed E-state index contributed by atoms with van der Waals surface area (Å²) in [5.74, 6) is 0.217. The predicted molar refractivity (Wildman–Crippen MR) is 101 cm³/mol. The zero-order chi connectivity index (χ0) is 18.3. The number of fused-ring (bicyclic) bond motifs is 1. The van der Waals surface area contributed by atoms with E-state index < -0.39 is 0 Å². The lowest BCUT2D eigenvalue weighted by atomic mass is 9.97. The normalized spacial score (nSPS) is 13.5. The fourth-order valence-corrected chi connectivity index (χ4v) is 4.05. The number of rotatable bonds is 3. The number of anilines is 1. The van der Waals surface area contributed by atoms with Crippen molar-refractivity contribution >= 4 is 29.0 Å². The van der Waals surface area contributed by atoms with Gasteiger partial charge in [-0.1, -0.05) is 0 Å². The van der Waals surface area contributed by atoms with E-state index in [0.717, 1.165) is 35.4 Å². The van der Waals surface area contributed by atoms with Gasteiger partial charge in [-0.25, -0.2) is 9.97 Å². The molecule has 3 aromatic rings. The van der Waals surface area contributed by atoms with Crippen LogP contribution in [0.1, 0.15) is 44.1 Å². The van der Waals surface area contributed by atoms with Crippen LogP contribution in [-0.4, -0.2) is 26.2 Å². The Bertz CT molecular complexity index is 1020. The van der Waals surface area contributed by atoms with Gasteiger partial charge >= 0.3 is 0 Å². The topological polar surface area (TPSA) is 76.9 Å². The van der Waals surface area contributed by atoms with E-state index in [-0.39, 0.29) is 17.6 Å². The first-order valence-electron chi connectivity index (χ1n) is 8.44. The SMILES string of the molecule is Cc1csc(C(=O)Nc2nccc(-c3cc4c(n3C)CCCC4=O)n2)c1. The fraction of sp³-hybridized carbons (Fsp3) is 0.263. The van der Waals surface area contributed by atoms with Gasteiger partial charge in [-0.15, -0.1) is 11.3 Å². The molecular weight excluding hydrogens is 348 g/mol. The van der Waals surface area contributed by atoms with Gasteiger partial charge in [-0.3, -0.25) is 14.9 Å². The molecule has 1 aliphatic rings. The molecule has 0 saturated heterocycles. The lowest BCUT2D eigenvalue weighted by Crippen LogP contribution is -2.13. The molecule has 132 valence electrons. The summed E-state index contributed by atoms with van der Waals surface area (Å²) >= 11 is 1.39. The molecule has 7 heteroatoms. The van der Waals surface area contributed by atoms with Gasteiger partial charge in [0.2, 0.25) is 5.95 Å². The van der Waals surface area contributed by atoms with Gasteiger partial charge in [0.15, 0.2) is 5.78 Å². The maximum Gasteiger partial charge on any atom is 0.268 e. The quantitative estimate of drug-likeness (QED) is 0.768. The van der Waals surface area contributed by atoms with Crippen LogP contribution in [0.15, 0.2) is 29.8 Å². The van der Waals surface area contributed by atoms with E-state index in [4.69, 9.17) is 0 Å². The number of ketones is 1. The Morgan fingerprint density at radius 1 is 1.31 bits per heavy atom. The summed E-state index contributed by atoms with van der Waals surface area (Å²) in [6.07, 6.45) is 3.99. The molecule has 3 heterocycles. The monoisotopic (exact) mass is 366 g/mol. The minimum atomic E-state index is -0.221. The van der Waals surface area contributed by atoms with Crippen molar-refractivity contribution in [2.24, 2.45) is 7.05 Å². The molecule has 0 bridgehead atoms. The minimum Gasteiger partial charge on any atom is -0.346 e. The molecule has 4 rings (SSSR count). The molecule has 0 aliphatic heterocycles. The third-order valence-corrected chi connectivity index (χ3v) is 5.62. The van der Waals surface area contributed by atoms with Crippen LogP contribution < -0.4 is 5.32 Å². The molecular formula is C19H18N4O2S. The number of carbonyl (C=O) groups excluding carboxylic acids is 2. The van der Waals surface area contributed by atoms with Crippen LogP contribution in [0.3, 0.4) is 0 Å². The van der Waals surface area contributed by atoms with Crippen molar-refractivity contribution in [3.05, 3.63) is 51.5 Å². The van der Waals surface area contributed by atoms with Gasteiger partial charge in [0.1, 0.15) is 0 Å². The molecule has 0 fully saturated rings. The maximum atomic E-state index is 12.3. The smallest absolute Gasteiger partial charge is 0.268 e. The summed E-state index contributed by atoms with van der Waals surface area (Å²) in [5.41, 5.74) is 4.42. The van der Waals surface area contributed by atoms with Crippen molar-refractivity contribution in [2.75, 3.05) is 5.32 Å². The van der Waals surface area contributed by atoms with Gasteiger partial charge in [-0.05, 0) is 48.9 Å². The van der Waals surface area contributed by atoms with Crippen molar-refractivity contribution < 1.29 is 9.59 Å². The number of aromatic nitrogens is 3. The number of thiophene rings is 1. The fourth-order valence-electron chi connectivity index (χ4n) is 3.26. The van der Waals surface area contributed by atoms with E-state index in [2.05, 4.69) is 15.3 Å². The highest BCUT2D eigenvalue weighted by Gasteiger charge is 2.23. The highest BCUT2D eigenvalue weighted by molar-refractivity contribution is 7.12. The maximum absolute atomic E-state index is 12.3. The van der Waals surface area contributed by atoms with Crippen LogP contribution in [0, 0.1) is 6.92 Å². The number of hydrogen-bond donors (Lipinski definition) is 1. The molecule has 26 heavy (non-hydrogen) atoms. The Hall–Kier alpha value is -2.80. The average Bonchev–Trinajstić information content (AvgIpc) is 3.20. The number of carbonyl (C=O) groups is 2. The van der Waals surface area contributed by atoms with Gasteiger partial charge in [0.25, 0.3) is 5.91 Å². The van der Waals surface area contributed by atoms with Crippen LogP contribution in [0.25, 0.3) is 11.4 Å². The van der Waals surface area contributed by atoms with Crippen LogP contribution in [0.2, 0.25) is 0 Å². The summed E-state index contributed by atoms with van der Waals surface area (Å²) < 4.78 is 2.02. The predicted octanol–water partition coefficient (Wildman–Crippen LogP) is 3.62. The Morgan fingerprint density at radius 3 is 2.88 bits per heavy atom. The second-order valence-electron chi connectivity index (χ2n) is 6.43. The molecule has 1 amide bonds. The Balaban J connectivity index is 1.64. The van der Waals surface area contributed by atoms with E-state index >= 15 is 0 Å². The number of Topliss-reactive ketones (excluding diaryl/α,β-unsaturated/α-hetero) is 1. The molecule has 0 radical (unpaired) electrons. The summed E-state index contributed by atoms with van der Waals surface area (Å²) in [6, 6.07) is 5.52. The van der Waals surface area contributed by atoms with Crippen LogP contribution in [0.5, 0.6) is 0 Å². The number of nitrogens with zero attached hydrogens (tertiary/aromatic N) is 3. The van der Waals surface area contributed by atoms with Crippen LogP contribution >= 0.6 is 11.3 Å². The molecule has 3 aromatic heterocycles. The van der Waals surface area contributed by atoms with Gasteiger partial charge in [0.05, 0.1) is 16.3 Å². The Labute approximate surface area is 154 Å². The van der Waals surface area contributed by atoms with Crippen molar-refractivity contribution in [1.29, 1.82) is 0 Å². The average molecular weight is 366 g/mol. The van der Waals surface area contributed by atoms with E-state index in [1.54, 1.807) is 12.3 Å². The molecule has 0 saturated carbocycles. The Morgan fingerprint density at radius 2 is 2.15 bits per heavy atom. The number of nitrogens with one attached hydrogen (secondary N) is 1. The van der Waals surface area contributed by atoms with Gasteiger partial charge in [0, 0.05) is 30.9 Å². The first-order valence-corrected chi connectivity index (χ1v) is 9.32. The molecule has 0 atom stereocenters. The summed E-state index contributed by atoms with van der Waals surface area (Å²) in [7, 11) is 1.95. The number of amides is 1. The summed E-state index contributed by atoms with van der Waals surface area (Å²) in [4.78, 5) is 33.7. The second kappa shape index (κ2) is 6.49. The van der Waals surface area contributed by atoms with E-state index in [9.17, 15) is 9.59 Å². The first-order chi connectivity index (χ1) is 12.5. The van der Waals surface area contributed by atoms with E-state index in [1.807, 2.05) is 36.1 Å². The molecule has 0 aromatic carbocycles. The molecule has 1 N–H and O–H groups in total. The highest BCUT2D eigenvalue weighted by Crippen LogP contribution is 2.29. The largest absolute Gasteiger partial charge is 0.346 e. The second-order valence-corrected chi connectivity index (χ2v) is 7.34. The lowest BCUT2D eigenvalue weighted by molar-refractivity contribution is 0.0970. The third kappa shape index (κ3) is 2.94. The Kier molecular flexibility index (Phi) is 4.16. The molecule has 0 spiro atoms. The first kappa shape index (κ1) is 16.7. The minimum absolute atomic E-state index is 0.184. The number of aryl methyl sites for hydroxylation is 1. The van der Waals surface area contributed by atoms with Gasteiger partial charge < -0.3 is 4.57 Å². The van der Waals surface area contributed by atoms with Crippen molar-refractivity contribution in [2.45, 2.75) is 26.2 Å². The standard InChI is InChI=1S/C19H18N4O2S/c1-11-8-17(26-10-11)18(25)22-19-20-7-6-13(21-19)15-9-12-14(23(15)2)4-3-5-16(12)24/h6-10H,3-5H2,1-2H3,(H,20,21,22,25). The van der Waals surface area contributed by atoms with E-state index in [0.29, 0.717) is 17.0 Å². The van der Waals surface area contributed by atoms with Crippen molar-refractivity contribution in [3.8, 4) is 11.4 Å². The molecule has 0 unspecified atom stereocenters. The number of hydrogen-bond acceptors (Lipinski definition) is 5. The summed E-state index contributed by atoms with van der Waals surface area (Å²) in [5, 5.41) is 4.67. The van der Waals surface area contributed by atoms with E-state index in [1.165, 1.54) is 11.3 Å².